The normalized spacial score (nSPS) is 10.8. The molecule has 0 bridgehead atoms. The molecule has 0 saturated carbocycles. The minimum absolute atomic E-state index is 0.125. The topological polar surface area (TPSA) is 106 Å². The van der Waals surface area contributed by atoms with Crippen LogP contribution in [0.5, 0.6) is 0 Å². The summed E-state index contributed by atoms with van der Waals surface area (Å²) in [6.45, 7) is 1.45. The van der Waals surface area contributed by atoms with E-state index in [1.54, 1.807) is 60.7 Å². The Bertz CT molecular complexity index is 1610. The number of benzene rings is 3. The number of hydrogen-bond donors (Lipinski definition) is 2. The number of nitrogens with one attached hydrogen (secondary N) is 2. The summed E-state index contributed by atoms with van der Waals surface area (Å²) in [5, 5.41) is 13.0. The molecule has 0 fully saturated rings. The zero-order valence-corrected chi connectivity index (χ0v) is 19.4. The number of thiazole rings is 1. The molecule has 3 aromatic carbocycles. The lowest BCUT2D eigenvalue weighted by Crippen LogP contribution is -2.26. The Morgan fingerprint density at radius 3 is 2.26 bits per heavy atom. The van der Waals surface area contributed by atoms with E-state index >= 15 is 0 Å². The van der Waals surface area contributed by atoms with Crippen LogP contribution in [-0.4, -0.2) is 26.6 Å². The molecular formula is C26H19N5O3S. The van der Waals surface area contributed by atoms with Crippen molar-refractivity contribution in [3.05, 3.63) is 100 Å². The number of rotatable bonds is 5. The minimum Gasteiger partial charge on any atom is -0.326 e. The number of amides is 2. The third-order valence-corrected chi connectivity index (χ3v) is 6.00. The molecule has 9 heteroatoms. The van der Waals surface area contributed by atoms with E-state index in [1.807, 2.05) is 23.6 Å². The van der Waals surface area contributed by atoms with Crippen LogP contribution in [0.15, 0.2) is 89.0 Å². The molecule has 0 aliphatic carbocycles. The highest BCUT2D eigenvalue weighted by Crippen LogP contribution is 2.27. The van der Waals surface area contributed by atoms with Gasteiger partial charge in [-0.15, -0.1) is 11.3 Å². The molecular weight excluding hydrogens is 462 g/mol. The second-order valence-electron chi connectivity index (χ2n) is 7.70. The van der Waals surface area contributed by atoms with E-state index in [4.69, 9.17) is 0 Å². The lowest BCUT2D eigenvalue weighted by atomic mass is 10.1. The molecule has 0 unspecified atom stereocenters. The number of anilines is 2. The van der Waals surface area contributed by atoms with Crippen molar-refractivity contribution in [1.82, 2.24) is 14.8 Å². The van der Waals surface area contributed by atoms with Crippen LogP contribution in [0.1, 0.15) is 17.4 Å². The van der Waals surface area contributed by atoms with Gasteiger partial charge in [0, 0.05) is 28.9 Å². The van der Waals surface area contributed by atoms with Crippen LogP contribution in [0.2, 0.25) is 0 Å². The molecule has 0 saturated heterocycles. The maximum atomic E-state index is 13.3. The van der Waals surface area contributed by atoms with E-state index in [1.165, 1.54) is 22.9 Å². The van der Waals surface area contributed by atoms with Gasteiger partial charge in [-0.2, -0.15) is 9.78 Å². The molecule has 2 N–H and O–H groups in total. The largest absolute Gasteiger partial charge is 0.326 e. The number of hydrogen-bond acceptors (Lipinski definition) is 6. The highest BCUT2D eigenvalue weighted by molar-refractivity contribution is 7.14. The van der Waals surface area contributed by atoms with Crippen molar-refractivity contribution in [2.75, 3.05) is 10.6 Å². The van der Waals surface area contributed by atoms with Crippen LogP contribution in [0.3, 0.4) is 0 Å². The molecule has 2 aromatic heterocycles. The van der Waals surface area contributed by atoms with Crippen molar-refractivity contribution < 1.29 is 9.59 Å². The van der Waals surface area contributed by atoms with Crippen molar-refractivity contribution in [2.24, 2.45) is 0 Å². The summed E-state index contributed by atoms with van der Waals surface area (Å²) in [7, 11) is 0. The summed E-state index contributed by atoms with van der Waals surface area (Å²) in [5.74, 6) is -0.607. The van der Waals surface area contributed by atoms with Crippen LogP contribution < -0.4 is 16.2 Å². The molecule has 0 atom stereocenters. The number of carbonyl (C=O) groups excluding carboxylic acids is 2. The lowest BCUT2D eigenvalue weighted by Gasteiger charge is -2.10. The second-order valence-corrected chi connectivity index (χ2v) is 8.56. The second kappa shape index (κ2) is 9.32. The number of nitrogens with zero attached hydrogens (tertiary/aromatic N) is 3. The Hall–Kier alpha value is -4.63. The molecule has 5 aromatic rings. The molecule has 8 nitrogen and oxygen atoms in total. The molecule has 35 heavy (non-hydrogen) atoms. The van der Waals surface area contributed by atoms with Gasteiger partial charge in [-0.3, -0.25) is 19.7 Å². The highest BCUT2D eigenvalue weighted by atomic mass is 32.1. The van der Waals surface area contributed by atoms with E-state index in [0.29, 0.717) is 33.0 Å². The van der Waals surface area contributed by atoms with Crippen molar-refractivity contribution in [3.63, 3.8) is 0 Å². The predicted molar refractivity (Wildman–Crippen MR) is 137 cm³/mol. The lowest BCUT2D eigenvalue weighted by molar-refractivity contribution is -0.114. The van der Waals surface area contributed by atoms with E-state index in [2.05, 4.69) is 20.7 Å². The van der Waals surface area contributed by atoms with Gasteiger partial charge < -0.3 is 5.32 Å². The van der Waals surface area contributed by atoms with Crippen LogP contribution in [0.25, 0.3) is 27.7 Å². The van der Waals surface area contributed by atoms with Gasteiger partial charge in [0.1, 0.15) is 0 Å². The average molecular weight is 482 g/mol. The van der Waals surface area contributed by atoms with Gasteiger partial charge in [0.05, 0.1) is 16.8 Å². The quantitative estimate of drug-likeness (QED) is 0.378. The van der Waals surface area contributed by atoms with Gasteiger partial charge in [-0.05, 0) is 30.3 Å². The van der Waals surface area contributed by atoms with Gasteiger partial charge in [-0.1, -0.05) is 48.5 Å². The Kier molecular flexibility index (Phi) is 5.90. The number of carbonyl (C=O) groups is 2. The monoisotopic (exact) mass is 481 g/mol. The summed E-state index contributed by atoms with van der Waals surface area (Å²) in [4.78, 5) is 42.0. The van der Waals surface area contributed by atoms with Crippen molar-refractivity contribution in [2.45, 2.75) is 6.92 Å². The van der Waals surface area contributed by atoms with Crippen LogP contribution >= 0.6 is 11.3 Å². The van der Waals surface area contributed by atoms with E-state index < -0.39 is 5.91 Å². The molecule has 0 aliphatic rings. The summed E-state index contributed by atoms with van der Waals surface area (Å²) >= 11 is 1.28. The van der Waals surface area contributed by atoms with E-state index in [-0.39, 0.29) is 17.2 Å². The first kappa shape index (κ1) is 22.2. The smallest absolute Gasteiger partial charge is 0.279 e. The number of aromatic nitrogens is 3. The molecule has 2 amide bonds. The summed E-state index contributed by atoms with van der Waals surface area (Å²) in [6, 6.07) is 23.1. The molecule has 0 spiro atoms. The zero-order valence-electron chi connectivity index (χ0n) is 18.6. The third kappa shape index (κ3) is 4.57. The van der Waals surface area contributed by atoms with Crippen LogP contribution in [0, 0.1) is 0 Å². The predicted octanol–water partition coefficient (Wildman–Crippen LogP) is 4.72. The van der Waals surface area contributed by atoms with Crippen molar-refractivity contribution in [1.29, 1.82) is 0 Å². The first-order valence-electron chi connectivity index (χ1n) is 10.7. The fraction of sp³-hybridized carbons (Fsp3) is 0.0385. The van der Waals surface area contributed by atoms with Gasteiger partial charge in [0.15, 0.2) is 10.8 Å². The van der Waals surface area contributed by atoms with Gasteiger partial charge in [0.2, 0.25) is 5.91 Å². The molecule has 0 aliphatic heterocycles. The SMILES string of the molecule is CC(=O)Nc1ccc(-c2csc(NC(=O)c3nn(-c4ccccc4)c(=O)c4ccccc34)n2)cc1. The molecule has 2 heterocycles. The zero-order chi connectivity index (χ0) is 24.4. The highest BCUT2D eigenvalue weighted by Gasteiger charge is 2.19. The van der Waals surface area contributed by atoms with Crippen LogP contribution in [-0.2, 0) is 4.79 Å². The van der Waals surface area contributed by atoms with Crippen molar-refractivity contribution in [3.8, 4) is 16.9 Å². The average Bonchev–Trinajstić information content (AvgIpc) is 3.33. The van der Waals surface area contributed by atoms with E-state index in [0.717, 1.165) is 5.56 Å². The Morgan fingerprint density at radius 1 is 0.857 bits per heavy atom. The molecule has 5 rings (SSSR count). The summed E-state index contributed by atoms with van der Waals surface area (Å²) in [5.41, 5.74) is 2.61. The van der Waals surface area contributed by atoms with Crippen LogP contribution in [0.4, 0.5) is 10.8 Å². The Balaban J connectivity index is 1.46. The van der Waals surface area contributed by atoms with Gasteiger partial charge >= 0.3 is 0 Å². The number of fused-ring (bicyclic) bond motifs is 1. The summed E-state index contributed by atoms with van der Waals surface area (Å²) < 4.78 is 1.24. The van der Waals surface area contributed by atoms with Gasteiger partial charge in [-0.25, -0.2) is 4.98 Å². The molecule has 0 radical (unpaired) electrons. The van der Waals surface area contributed by atoms with E-state index in [9.17, 15) is 14.4 Å². The molecule has 172 valence electrons. The van der Waals surface area contributed by atoms with Crippen molar-refractivity contribution >= 4 is 44.7 Å². The standard InChI is InChI=1S/C26H19N5O3S/c1-16(32)27-18-13-11-17(12-14-18)22-15-35-26(28-22)29-24(33)23-20-9-5-6-10-21(20)25(34)31(30-23)19-7-3-2-4-8-19/h2-15H,1H3,(H,27,32)(H,28,29,33). The minimum atomic E-state index is -0.465. The fourth-order valence-electron chi connectivity index (χ4n) is 3.65. The first-order valence-corrected chi connectivity index (χ1v) is 11.6. The number of para-hydroxylation sites is 1. The maximum absolute atomic E-state index is 13.3. The van der Waals surface area contributed by atoms with Gasteiger partial charge in [0.25, 0.3) is 11.5 Å². The fourth-order valence-corrected chi connectivity index (χ4v) is 4.36. The first-order chi connectivity index (χ1) is 17.0. The third-order valence-electron chi connectivity index (χ3n) is 5.25. The summed E-state index contributed by atoms with van der Waals surface area (Å²) in [6.07, 6.45) is 0. The maximum Gasteiger partial charge on any atom is 0.279 e. The Labute approximate surface area is 203 Å². The Morgan fingerprint density at radius 2 is 1.54 bits per heavy atom.